The van der Waals surface area contributed by atoms with E-state index in [4.69, 9.17) is 0 Å². The van der Waals surface area contributed by atoms with Gasteiger partial charge in [0.2, 0.25) is 5.91 Å². The molecule has 0 unspecified atom stereocenters. The van der Waals surface area contributed by atoms with Gasteiger partial charge in [0.1, 0.15) is 11.5 Å². The number of anilines is 1. The Balaban J connectivity index is 2.31. The molecule has 0 aliphatic rings. The average Bonchev–Trinajstić information content (AvgIpc) is 2.46. The van der Waals surface area contributed by atoms with E-state index in [0.717, 1.165) is 6.54 Å². The van der Waals surface area contributed by atoms with Crippen molar-refractivity contribution in [3.05, 3.63) is 18.1 Å². The second-order valence-corrected chi connectivity index (χ2v) is 5.02. The molecule has 21 heavy (non-hydrogen) atoms. The monoisotopic (exact) mass is 293 g/mol. The Labute approximate surface area is 124 Å². The normalized spacial score (nSPS) is 10.3. The predicted molar refractivity (Wildman–Crippen MR) is 81.0 cm³/mol. The van der Waals surface area contributed by atoms with Crippen molar-refractivity contribution in [3.8, 4) is 0 Å². The van der Waals surface area contributed by atoms with Crippen molar-refractivity contribution in [2.75, 3.05) is 25.0 Å². The minimum Gasteiger partial charge on any atom is -0.369 e. The number of carbonyl (C=O) groups excluding carboxylic acids is 2. The lowest BCUT2D eigenvalue weighted by Crippen LogP contribution is -2.32. The van der Waals surface area contributed by atoms with Gasteiger partial charge in [-0.1, -0.05) is 13.8 Å². The van der Waals surface area contributed by atoms with Crippen LogP contribution in [0.2, 0.25) is 0 Å². The van der Waals surface area contributed by atoms with Crippen LogP contribution in [0.4, 0.5) is 5.82 Å². The molecule has 7 heteroatoms. The zero-order valence-corrected chi connectivity index (χ0v) is 12.8. The van der Waals surface area contributed by atoms with Crippen molar-refractivity contribution in [1.82, 2.24) is 20.6 Å². The van der Waals surface area contributed by atoms with Gasteiger partial charge >= 0.3 is 0 Å². The van der Waals surface area contributed by atoms with E-state index < -0.39 is 0 Å². The zero-order chi connectivity index (χ0) is 15.7. The standard InChI is InChI=1S/C14H23N5O2/c1-4-15-12-9-17-11(8-18-12)14(21)16-6-5-13(20)19-7-10(2)3/h8-10H,4-7H2,1-3H3,(H,15,18)(H,16,21)(H,19,20). The van der Waals surface area contributed by atoms with Gasteiger partial charge in [-0.3, -0.25) is 9.59 Å². The molecule has 116 valence electrons. The highest BCUT2D eigenvalue weighted by Gasteiger charge is 2.08. The lowest BCUT2D eigenvalue weighted by Gasteiger charge is -2.08. The van der Waals surface area contributed by atoms with Crippen LogP contribution < -0.4 is 16.0 Å². The lowest BCUT2D eigenvalue weighted by atomic mass is 10.2. The molecule has 3 N–H and O–H groups in total. The molecule has 0 fully saturated rings. The third-order valence-corrected chi connectivity index (χ3v) is 2.59. The van der Waals surface area contributed by atoms with Gasteiger partial charge in [-0.15, -0.1) is 0 Å². The second-order valence-electron chi connectivity index (χ2n) is 5.02. The number of rotatable bonds is 8. The van der Waals surface area contributed by atoms with Crippen molar-refractivity contribution in [2.24, 2.45) is 5.92 Å². The van der Waals surface area contributed by atoms with Gasteiger partial charge in [-0.25, -0.2) is 9.97 Å². The molecule has 0 saturated carbocycles. The van der Waals surface area contributed by atoms with Crippen LogP contribution in [0, 0.1) is 5.92 Å². The fourth-order valence-corrected chi connectivity index (χ4v) is 1.50. The predicted octanol–water partition coefficient (Wildman–Crippen LogP) is 0.800. The molecule has 7 nitrogen and oxygen atoms in total. The molecule has 0 atom stereocenters. The number of amides is 2. The van der Waals surface area contributed by atoms with E-state index >= 15 is 0 Å². The van der Waals surface area contributed by atoms with Crippen LogP contribution in [0.1, 0.15) is 37.7 Å². The first kappa shape index (κ1) is 16.9. The Morgan fingerprint density at radius 1 is 1.19 bits per heavy atom. The number of nitrogens with zero attached hydrogens (tertiary/aromatic N) is 2. The summed E-state index contributed by atoms with van der Waals surface area (Å²) in [4.78, 5) is 31.4. The SMILES string of the molecule is CCNc1cnc(C(=O)NCCC(=O)NCC(C)C)cn1. The van der Waals surface area contributed by atoms with Crippen molar-refractivity contribution in [1.29, 1.82) is 0 Å². The van der Waals surface area contributed by atoms with Gasteiger partial charge in [-0.2, -0.15) is 0 Å². The minimum atomic E-state index is -0.331. The summed E-state index contributed by atoms with van der Waals surface area (Å²) in [5.41, 5.74) is 0.235. The summed E-state index contributed by atoms with van der Waals surface area (Å²) >= 11 is 0. The van der Waals surface area contributed by atoms with Crippen LogP contribution in [0.3, 0.4) is 0 Å². The summed E-state index contributed by atoms with van der Waals surface area (Å²) < 4.78 is 0. The number of nitrogens with one attached hydrogen (secondary N) is 3. The minimum absolute atomic E-state index is 0.0717. The summed E-state index contributed by atoms with van der Waals surface area (Å²) in [7, 11) is 0. The third-order valence-electron chi connectivity index (χ3n) is 2.59. The molecular formula is C14H23N5O2. The van der Waals surface area contributed by atoms with E-state index in [1.165, 1.54) is 12.4 Å². The van der Waals surface area contributed by atoms with Gasteiger partial charge in [0.05, 0.1) is 12.4 Å². The summed E-state index contributed by atoms with van der Waals surface area (Å²) in [5, 5.41) is 8.43. The van der Waals surface area contributed by atoms with Crippen LogP contribution in [0.15, 0.2) is 12.4 Å². The second kappa shape index (κ2) is 8.89. The molecule has 0 spiro atoms. The van der Waals surface area contributed by atoms with Crippen LogP contribution in [-0.2, 0) is 4.79 Å². The topological polar surface area (TPSA) is 96.0 Å². The summed E-state index contributed by atoms with van der Waals surface area (Å²) in [6.07, 6.45) is 3.17. The van der Waals surface area contributed by atoms with E-state index in [2.05, 4.69) is 25.9 Å². The van der Waals surface area contributed by atoms with Crippen LogP contribution >= 0.6 is 0 Å². The molecule has 0 bridgehead atoms. The molecule has 0 aromatic carbocycles. The highest BCUT2D eigenvalue weighted by molar-refractivity contribution is 5.92. The molecule has 1 heterocycles. The quantitative estimate of drug-likeness (QED) is 0.659. The fraction of sp³-hybridized carbons (Fsp3) is 0.571. The first-order chi connectivity index (χ1) is 10.0. The van der Waals surface area contributed by atoms with Gasteiger partial charge in [0.25, 0.3) is 5.91 Å². The average molecular weight is 293 g/mol. The zero-order valence-electron chi connectivity index (χ0n) is 12.8. The van der Waals surface area contributed by atoms with E-state index in [1.54, 1.807) is 0 Å². The summed E-state index contributed by atoms with van der Waals surface area (Å²) in [5.74, 6) is 0.635. The van der Waals surface area contributed by atoms with E-state index in [9.17, 15) is 9.59 Å². The Bertz CT molecular complexity index is 459. The van der Waals surface area contributed by atoms with E-state index in [1.807, 2.05) is 20.8 Å². The summed E-state index contributed by atoms with van der Waals surface area (Å²) in [6.45, 7) is 7.66. The lowest BCUT2D eigenvalue weighted by molar-refractivity contribution is -0.121. The fourth-order valence-electron chi connectivity index (χ4n) is 1.50. The van der Waals surface area contributed by atoms with E-state index in [-0.39, 0.29) is 30.5 Å². The first-order valence-electron chi connectivity index (χ1n) is 7.13. The Hall–Kier alpha value is -2.18. The maximum atomic E-state index is 11.8. The molecule has 1 aromatic heterocycles. The van der Waals surface area contributed by atoms with Crippen LogP contribution in [0.5, 0.6) is 0 Å². The van der Waals surface area contributed by atoms with Gasteiger partial charge < -0.3 is 16.0 Å². The number of hydrogen-bond donors (Lipinski definition) is 3. The Morgan fingerprint density at radius 2 is 1.95 bits per heavy atom. The molecule has 0 radical (unpaired) electrons. The van der Waals surface area contributed by atoms with Crippen LogP contribution in [0.25, 0.3) is 0 Å². The third kappa shape index (κ3) is 6.69. The van der Waals surface area contributed by atoms with Gasteiger partial charge in [0, 0.05) is 26.1 Å². The summed E-state index contributed by atoms with van der Waals surface area (Å²) in [6, 6.07) is 0. The van der Waals surface area contributed by atoms with Crippen LogP contribution in [-0.4, -0.2) is 41.4 Å². The number of aromatic nitrogens is 2. The molecule has 0 aliphatic heterocycles. The molecule has 2 amide bonds. The molecule has 1 rings (SSSR count). The van der Waals surface area contributed by atoms with Crippen molar-refractivity contribution >= 4 is 17.6 Å². The van der Waals surface area contributed by atoms with Crippen molar-refractivity contribution < 1.29 is 9.59 Å². The van der Waals surface area contributed by atoms with Crippen molar-refractivity contribution in [2.45, 2.75) is 27.2 Å². The highest BCUT2D eigenvalue weighted by atomic mass is 16.2. The maximum absolute atomic E-state index is 11.8. The van der Waals surface area contributed by atoms with E-state index in [0.29, 0.717) is 18.3 Å². The smallest absolute Gasteiger partial charge is 0.271 e. The van der Waals surface area contributed by atoms with Gasteiger partial charge in [0.15, 0.2) is 0 Å². The maximum Gasteiger partial charge on any atom is 0.271 e. The van der Waals surface area contributed by atoms with Gasteiger partial charge in [-0.05, 0) is 12.8 Å². The molecule has 0 saturated heterocycles. The first-order valence-corrected chi connectivity index (χ1v) is 7.13. The molecule has 0 aliphatic carbocycles. The van der Waals surface area contributed by atoms with Crippen molar-refractivity contribution in [3.63, 3.8) is 0 Å². The molecular weight excluding hydrogens is 270 g/mol. The largest absolute Gasteiger partial charge is 0.369 e. The number of hydrogen-bond acceptors (Lipinski definition) is 5. The highest BCUT2D eigenvalue weighted by Crippen LogP contribution is 2.00. The Kier molecular flexibility index (Phi) is 7.14. The molecule has 1 aromatic rings. The number of carbonyl (C=O) groups is 2. The Morgan fingerprint density at radius 3 is 2.52 bits per heavy atom.